The SMILES string of the molecule is C=CC1CC(C(C)(O)C(F)(F)F)OC2SC([N+](C)(C)C(=O)OC(C)(C)C)=NC12. The molecule has 0 aliphatic carbocycles. The number of nitrogens with zero attached hydrogens (tertiary/aromatic N) is 2. The van der Waals surface area contributed by atoms with Crippen molar-refractivity contribution in [2.75, 3.05) is 14.1 Å². The number of carbonyl (C=O) groups excluding carboxylic acids is 1. The average molecular weight is 425 g/mol. The first-order valence-corrected chi connectivity index (χ1v) is 9.78. The monoisotopic (exact) mass is 425 g/mol. The van der Waals surface area contributed by atoms with Crippen LogP contribution >= 0.6 is 11.8 Å². The summed E-state index contributed by atoms with van der Waals surface area (Å²) >= 11 is 1.08. The van der Waals surface area contributed by atoms with E-state index in [-0.39, 0.29) is 10.9 Å². The minimum Gasteiger partial charge on any atom is -0.414 e. The quantitative estimate of drug-likeness (QED) is 0.540. The summed E-state index contributed by atoms with van der Waals surface area (Å²) in [5.41, 5.74) is -4.46. The van der Waals surface area contributed by atoms with Crippen LogP contribution in [-0.4, -0.2) is 69.9 Å². The Morgan fingerprint density at radius 1 is 1.36 bits per heavy atom. The molecule has 2 aliphatic heterocycles. The lowest BCUT2D eigenvalue weighted by molar-refractivity contribution is -0.718. The highest BCUT2D eigenvalue weighted by atomic mass is 32.2. The van der Waals surface area contributed by atoms with Gasteiger partial charge in [0.2, 0.25) is 0 Å². The summed E-state index contributed by atoms with van der Waals surface area (Å²) in [7, 11) is 3.20. The van der Waals surface area contributed by atoms with E-state index in [0.29, 0.717) is 12.1 Å². The second-order valence-electron chi connectivity index (χ2n) is 8.73. The molecule has 1 amide bonds. The van der Waals surface area contributed by atoms with Gasteiger partial charge in [0.1, 0.15) is 11.0 Å². The van der Waals surface area contributed by atoms with E-state index in [1.54, 1.807) is 34.9 Å². The number of amides is 1. The van der Waals surface area contributed by atoms with E-state index in [1.807, 2.05) is 0 Å². The van der Waals surface area contributed by atoms with Crippen LogP contribution in [0, 0.1) is 5.92 Å². The van der Waals surface area contributed by atoms with Crippen LogP contribution in [-0.2, 0) is 9.47 Å². The number of amidine groups is 1. The number of ether oxygens (including phenoxy) is 2. The molecule has 0 spiro atoms. The van der Waals surface area contributed by atoms with Gasteiger partial charge in [0.25, 0.3) is 5.17 Å². The van der Waals surface area contributed by atoms with E-state index < -0.39 is 47.0 Å². The Labute approximate surface area is 167 Å². The number of fused-ring (bicyclic) bond motifs is 1. The summed E-state index contributed by atoms with van der Waals surface area (Å²) in [4.78, 5) is 17.1. The number of quaternary nitrogens is 1. The molecule has 28 heavy (non-hydrogen) atoms. The summed E-state index contributed by atoms with van der Waals surface area (Å²) in [6.45, 7) is 9.64. The fraction of sp³-hybridized carbons (Fsp3) is 0.778. The summed E-state index contributed by atoms with van der Waals surface area (Å²) in [5.74, 6) is -0.429. The lowest BCUT2D eigenvalue weighted by Gasteiger charge is -2.42. The van der Waals surface area contributed by atoms with Crippen molar-refractivity contribution < 1.29 is 37.0 Å². The maximum atomic E-state index is 13.3. The van der Waals surface area contributed by atoms with Crippen molar-refractivity contribution in [3.63, 3.8) is 0 Å². The zero-order valence-electron chi connectivity index (χ0n) is 16.9. The molecule has 5 atom stereocenters. The van der Waals surface area contributed by atoms with Crippen molar-refractivity contribution in [1.29, 1.82) is 0 Å². The number of alkyl halides is 3. The summed E-state index contributed by atoms with van der Waals surface area (Å²) in [6, 6.07) is -0.488. The van der Waals surface area contributed by atoms with E-state index in [9.17, 15) is 23.1 Å². The number of aliphatic hydroxyl groups is 1. The molecule has 1 saturated heterocycles. The molecule has 0 saturated carbocycles. The molecule has 6 nitrogen and oxygen atoms in total. The van der Waals surface area contributed by atoms with Gasteiger partial charge in [0.15, 0.2) is 5.60 Å². The van der Waals surface area contributed by atoms with Crippen LogP contribution in [0.25, 0.3) is 0 Å². The third-order valence-electron chi connectivity index (χ3n) is 4.81. The van der Waals surface area contributed by atoms with E-state index in [4.69, 9.17) is 9.47 Å². The van der Waals surface area contributed by atoms with Gasteiger partial charge in [0.05, 0.1) is 26.2 Å². The zero-order valence-corrected chi connectivity index (χ0v) is 17.7. The molecule has 0 radical (unpaired) electrons. The first-order valence-electron chi connectivity index (χ1n) is 8.90. The predicted molar refractivity (Wildman–Crippen MR) is 101 cm³/mol. The highest BCUT2D eigenvalue weighted by molar-refractivity contribution is 8.14. The topological polar surface area (TPSA) is 68.1 Å². The fourth-order valence-corrected chi connectivity index (χ4v) is 4.23. The highest BCUT2D eigenvalue weighted by Gasteiger charge is 2.60. The molecule has 10 heteroatoms. The number of hydrogen-bond acceptors (Lipinski definition) is 6. The van der Waals surface area contributed by atoms with Crippen molar-refractivity contribution in [1.82, 2.24) is 0 Å². The van der Waals surface area contributed by atoms with Gasteiger partial charge in [-0.05, 0) is 45.9 Å². The lowest BCUT2D eigenvalue weighted by Crippen LogP contribution is -2.57. The maximum Gasteiger partial charge on any atom is 0.523 e. The molecule has 5 unspecified atom stereocenters. The van der Waals surface area contributed by atoms with Crippen molar-refractivity contribution in [3.8, 4) is 0 Å². The largest absolute Gasteiger partial charge is 0.523 e. The van der Waals surface area contributed by atoms with Crippen LogP contribution in [0.3, 0.4) is 0 Å². The summed E-state index contributed by atoms with van der Waals surface area (Å²) < 4.78 is 50.5. The van der Waals surface area contributed by atoms with E-state index in [1.165, 1.54) is 6.08 Å². The third kappa shape index (κ3) is 4.39. The number of rotatable bonds is 2. The Kier molecular flexibility index (Phi) is 6.04. The lowest BCUT2D eigenvalue weighted by atomic mass is 9.84. The van der Waals surface area contributed by atoms with Gasteiger partial charge >= 0.3 is 12.3 Å². The molecule has 0 aromatic rings. The third-order valence-corrected chi connectivity index (χ3v) is 6.21. The average Bonchev–Trinajstić information content (AvgIpc) is 2.95. The standard InChI is InChI=1S/C18H28F3N2O4S/c1-8-10-9-11(17(5,25)18(19,20)21)26-13-12(10)22-14(28-13)23(6,7)15(24)27-16(2,3)4/h8,10-13,25H,1,9H2,2-7H3/q+1. The Balaban J connectivity index is 2.25. The van der Waals surface area contributed by atoms with Crippen molar-refractivity contribution in [2.24, 2.45) is 10.9 Å². The first-order chi connectivity index (χ1) is 12.5. The highest BCUT2D eigenvalue weighted by Crippen LogP contribution is 2.46. The second-order valence-corrected chi connectivity index (χ2v) is 9.79. The maximum absolute atomic E-state index is 13.3. The van der Waals surface area contributed by atoms with Crippen LogP contribution in [0.15, 0.2) is 17.6 Å². The predicted octanol–water partition coefficient (Wildman–Crippen LogP) is 3.70. The molecule has 0 aromatic carbocycles. The molecular weight excluding hydrogens is 397 g/mol. The van der Waals surface area contributed by atoms with E-state index in [2.05, 4.69) is 11.6 Å². The zero-order chi connectivity index (χ0) is 21.7. The molecule has 2 rings (SSSR count). The van der Waals surface area contributed by atoms with Crippen LogP contribution < -0.4 is 0 Å². The van der Waals surface area contributed by atoms with Gasteiger partial charge in [-0.25, -0.2) is 4.99 Å². The van der Waals surface area contributed by atoms with Crippen molar-refractivity contribution >= 4 is 23.0 Å². The van der Waals surface area contributed by atoms with Crippen molar-refractivity contribution in [2.45, 2.75) is 69.1 Å². The minimum atomic E-state index is -4.84. The fourth-order valence-electron chi connectivity index (χ4n) is 2.91. The van der Waals surface area contributed by atoms with E-state index >= 15 is 0 Å². The Bertz CT molecular complexity index is 671. The molecule has 2 aliphatic rings. The second kappa shape index (κ2) is 7.30. The summed E-state index contributed by atoms with van der Waals surface area (Å²) in [6.07, 6.45) is -5.38. The number of carbonyl (C=O) groups is 1. The Hall–Kier alpha value is -1.10. The smallest absolute Gasteiger partial charge is 0.414 e. The van der Waals surface area contributed by atoms with Crippen LogP contribution in [0.4, 0.5) is 18.0 Å². The number of aliphatic imine (C=N–C) groups is 1. The van der Waals surface area contributed by atoms with Gasteiger partial charge in [-0.3, -0.25) is 0 Å². The first kappa shape index (κ1) is 23.2. The molecule has 1 fully saturated rings. The number of thioether (sulfide) groups is 1. The van der Waals surface area contributed by atoms with Crippen LogP contribution in [0.2, 0.25) is 0 Å². The normalized spacial score (nSPS) is 30.9. The van der Waals surface area contributed by atoms with Gasteiger partial charge in [-0.2, -0.15) is 22.4 Å². The van der Waals surface area contributed by atoms with Gasteiger partial charge in [-0.1, -0.05) is 6.08 Å². The molecular formula is C18H28F3N2O4S+. The van der Waals surface area contributed by atoms with Crippen LogP contribution in [0.1, 0.15) is 34.1 Å². The number of hydrogen-bond donors (Lipinski definition) is 1. The van der Waals surface area contributed by atoms with Crippen molar-refractivity contribution in [3.05, 3.63) is 12.7 Å². The molecule has 0 bridgehead atoms. The molecule has 1 N–H and O–H groups in total. The Morgan fingerprint density at radius 3 is 2.39 bits per heavy atom. The molecule has 0 aromatic heterocycles. The van der Waals surface area contributed by atoms with E-state index in [0.717, 1.165) is 11.8 Å². The van der Waals surface area contributed by atoms with Gasteiger partial charge < -0.3 is 14.6 Å². The molecule has 160 valence electrons. The molecule has 2 heterocycles. The van der Waals surface area contributed by atoms with Gasteiger partial charge in [0, 0.05) is 5.92 Å². The van der Waals surface area contributed by atoms with Gasteiger partial charge in [-0.15, -0.1) is 6.58 Å². The van der Waals surface area contributed by atoms with Crippen LogP contribution in [0.5, 0.6) is 0 Å². The summed E-state index contributed by atoms with van der Waals surface area (Å²) in [5, 5.41) is 10.4. The Morgan fingerprint density at radius 2 is 1.93 bits per heavy atom. The minimum absolute atomic E-state index is 0.0750. The number of halogens is 3.